The summed E-state index contributed by atoms with van der Waals surface area (Å²) in [5, 5.41) is 7.14. The first-order valence-electron chi connectivity index (χ1n) is 21.2. The van der Waals surface area contributed by atoms with Gasteiger partial charge in [-0.1, -0.05) is 172 Å². The molecular weight excluding hydrogens is 739 g/mol. The first-order chi connectivity index (χ1) is 30.0. The number of hydrogen-bond acceptors (Lipinski definition) is 2. The molecule has 0 atom stereocenters. The Bertz CT molecular complexity index is 3520. The summed E-state index contributed by atoms with van der Waals surface area (Å²) in [4.78, 5) is 2.47. The molecule has 0 saturated carbocycles. The molecule has 0 saturated heterocycles. The highest BCUT2D eigenvalue weighted by Gasteiger charge is 2.36. The number of rotatable bonds is 6. The molecule has 0 radical (unpaired) electrons. The van der Waals surface area contributed by atoms with Gasteiger partial charge in [0.2, 0.25) is 0 Å². The third-order valence-corrected chi connectivity index (χ3v) is 13.1. The predicted octanol–water partition coefficient (Wildman–Crippen LogP) is 16.7. The van der Waals surface area contributed by atoms with Gasteiger partial charge in [-0.2, -0.15) is 0 Å². The van der Waals surface area contributed by atoms with E-state index in [0.29, 0.717) is 0 Å². The minimum absolute atomic E-state index is 0.156. The van der Waals surface area contributed by atoms with Crippen LogP contribution in [0.4, 0.5) is 17.1 Å². The molecule has 0 spiro atoms. The van der Waals surface area contributed by atoms with Crippen LogP contribution in [-0.2, 0) is 5.41 Å². The Labute approximate surface area is 355 Å². The lowest BCUT2D eigenvalue weighted by Gasteiger charge is -2.30. The molecule has 0 fully saturated rings. The molecule has 0 amide bonds. The van der Waals surface area contributed by atoms with Crippen molar-refractivity contribution in [2.24, 2.45) is 0 Å². The highest BCUT2D eigenvalue weighted by molar-refractivity contribution is 6.22. The van der Waals surface area contributed by atoms with E-state index in [-0.39, 0.29) is 5.41 Å². The van der Waals surface area contributed by atoms with Crippen molar-refractivity contribution in [3.05, 3.63) is 223 Å². The fourth-order valence-electron chi connectivity index (χ4n) is 10.2. The van der Waals surface area contributed by atoms with Gasteiger partial charge in [-0.25, -0.2) is 0 Å². The van der Waals surface area contributed by atoms with Crippen LogP contribution in [-0.4, -0.2) is 0 Å². The third kappa shape index (κ3) is 5.49. The average molecular weight is 780 g/mol. The Morgan fingerprint density at radius 1 is 0.377 bits per heavy atom. The van der Waals surface area contributed by atoms with Crippen LogP contribution in [0.25, 0.3) is 88.0 Å². The second-order valence-electron chi connectivity index (χ2n) is 16.8. The normalized spacial score (nSPS) is 12.9. The molecule has 0 aliphatic heterocycles. The number of furan rings is 1. The summed E-state index contributed by atoms with van der Waals surface area (Å²) >= 11 is 0. The second kappa shape index (κ2) is 13.7. The monoisotopic (exact) mass is 779 g/mol. The van der Waals surface area contributed by atoms with Gasteiger partial charge < -0.3 is 9.32 Å². The van der Waals surface area contributed by atoms with E-state index in [0.717, 1.165) is 50.1 Å². The number of fused-ring (bicyclic) bond motifs is 9. The molecule has 0 bridgehead atoms. The van der Waals surface area contributed by atoms with E-state index in [1.165, 1.54) is 66.1 Å². The molecule has 11 aromatic rings. The number of anilines is 3. The van der Waals surface area contributed by atoms with Gasteiger partial charge in [-0.05, 0) is 121 Å². The van der Waals surface area contributed by atoms with E-state index in [4.69, 9.17) is 4.42 Å². The fraction of sp³-hybridized carbons (Fsp3) is 0.0508. The lowest BCUT2D eigenvalue weighted by atomic mass is 9.82. The molecule has 0 unspecified atom stereocenters. The SMILES string of the molecule is CC1(C)c2ccccc2-c2ccc(N(c3cccc(-c4ccccc4)c3)c3ccccc3-c3ccc4oc5ccccc5c4c3-c3cc4ccccc4c4ccccc34)cc21. The average Bonchev–Trinajstić information content (AvgIpc) is 3.81. The predicted molar refractivity (Wildman–Crippen MR) is 257 cm³/mol. The summed E-state index contributed by atoms with van der Waals surface area (Å²) in [6.45, 7) is 4.72. The number of benzene rings is 10. The summed E-state index contributed by atoms with van der Waals surface area (Å²) in [7, 11) is 0. The fourth-order valence-corrected chi connectivity index (χ4v) is 10.2. The maximum atomic E-state index is 6.65. The van der Waals surface area contributed by atoms with Crippen LogP contribution in [0.1, 0.15) is 25.0 Å². The zero-order chi connectivity index (χ0) is 40.7. The van der Waals surface area contributed by atoms with Gasteiger partial charge in [0.05, 0.1) is 5.69 Å². The van der Waals surface area contributed by atoms with Crippen LogP contribution in [0.2, 0.25) is 0 Å². The van der Waals surface area contributed by atoms with Gasteiger partial charge in [0, 0.05) is 38.7 Å². The van der Waals surface area contributed by atoms with Crippen molar-refractivity contribution in [2.75, 3.05) is 4.90 Å². The molecule has 1 heterocycles. The number of hydrogen-bond donors (Lipinski definition) is 0. The van der Waals surface area contributed by atoms with Gasteiger partial charge >= 0.3 is 0 Å². The molecule has 12 rings (SSSR count). The molecule has 1 aliphatic carbocycles. The smallest absolute Gasteiger partial charge is 0.136 e. The lowest BCUT2D eigenvalue weighted by Crippen LogP contribution is -2.17. The van der Waals surface area contributed by atoms with Crippen molar-refractivity contribution in [1.82, 2.24) is 0 Å². The van der Waals surface area contributed by atoms with Crippen molar-refractivity contribution < 1.29 is 4.42 Å². The zero-order valence-electron chi connectivity index (χ0n) is 34.1. The van der Waals surface area contributed by atoms with E-state index >= 15 is 0 Å². The summed E-state index contributed by atoms with van der Waals surface area (Å²) < 4.78 is 6.65. The Hall–Kier alpha value is -7.68. The van der Waals surface area contributed by atoms with Gasteiger partial charge in [0.15, 0.2) is 0 Å². The van der Waals surface area contributed by atoms with Crippen molar-refractivity contribution in [3.8, 4) is 44.5 Å². The van der Waals surface area contributed by atoms with Crippen molar-refractivity contribution in [2.45, 2.75) is 19.3 Å². The van der Waals surface area contributed by atoms with Crippen LogP contribution in [0.15, 0.2) is 217 Å². The molecular formula is C59H41NO. The summed E-state index contributed by atoms with van der Waals surface area (Å²) in [5.74, 6) is 0. The Balaban J connectivity index is 1.16. The number of para-hydroxylation sites is 2. The molecule has 1 aromatic heterocycles. The maximum Gasteiger partial charge on any atom is 0.136 e. The van der Waals surface area contributed by atoms with Gasteiger partial charge in [-0.3, -0.25) is 0 Å². The van der Waals surface area contributed by atoms with Crippen LogP contribution in [0, 0.1) is 0 Å². The van der Waals surface area contributed by atoms with Crippen LogP contribution in [0.3, 0.4) is 0 Å². The minimum Gasteiger partial charge on any atom is -0.456 e. The molecule has 2 nitrogen and oxygen atoms in total. The maximum absolute atomic E-state index is 6.65. The van der Waals surface area contributed by atoms with E-state index in [9.17, 15) is 0 Å². The van der Waals surface area contributed by atoms with Crippen LogP contribution >= 0.6 is 0 Å². The van der Waals surface area contributed by atoms with Gasteiger partial charge in [0.25, 0.3) is 0 Å². The third-order valence-electron chi connectivity index (χ3n) is 13.1. The van der Waals surface area contributed by atoms with Crippen molar-refractivity contribution >= 4 is 60.5 Å². The van der Waals surface area contributed by atoms with E-state index in [1.54, 1.807) is 0 Å². The van der Waals surface area contributed by atoms with E-state index in [1.807, 2.05) is 0 Å². The van der Waals surface area contributed by atoms with Crippen LogP contribution < -0.4 is 4.90 Å². The molecule has 2 heteroatoms. The summed E-state index contributed by atoms with van der Waals surface area (Å²) in [5.41, 5.74) is 17.2. The molecule has 0 N–H and O–H groups in total. The van der Waals surface area contributed by atoms with Crippen molar-refractivity contribution in [1.29, 1.82) is 0 Å². The van der Waals surface area contributed by atoms with E-state index in [2.05, 4.69) is 231 Å². The summed E-state index contributed by atoms with van der Waals surface area (Å²) in [6.07, 6.45) is 0. The summed E-state index contributed by atoms with van der Waals surface area (Å²) in [6, 6.07) is 77.5. The topological polar surface area (TPSA) is 16.4 Å². The molecule has 288 valence electrons. The highest BCUT2D eigenvalue weighted by atomic mass is 16.3. The molecule has 61 heavy (non-hydrogen) atoms. The first kappa shape index (κ1) is 35.3. The Morgan fingerprint density at radius 3 is 1.89 bits per heavy atom. The van der Waals surface area contributed by atoms with E-state index < -0.39 is 0 Å². The van der Waals surface area contributed by atoms with Crippen LogP contribution in [0.5, 0.6) is 0 Å². The Morgan fingerprint density at radius 2 is 1.02 bits per heavy atom. The molecule has 1 aliphatic rings. The quantitative estimate of drug-likeness (QED) is 0.156. The molecule has 10 aromatic carbocycles. The van der Waals surface area contributed by atoms with Crippen molar-refractivity contribution in [3.63, 3.8) is 0 Å². The number of nitrogens with zero attached hydrogens (tertiary/aromatic N) is 1. The standard InChI is InChI=1S/C59H41NO/c1-59(2)52-28-13-10-25-46(52)47-32-31-42(37-53(47)59)60(41-21-16-20-39(35-41)38-17-4-3-5-18-38)54-29-14-11-26-48(54)49-33-34-56-58(50-27-12-15-30-55(50)61-56)57(49)51-36-40-19-6-7-22-43(40)44-23-8-9-24-45(44)51/h3-37H,1-2H3. The van der Waals surface area contributed by atoms with Gasteiger partial charge in [0.1, 0.15) is 11.2 Å². The highest BCUT2D eigenvalue weighted by Crippen LogP contribution is 2.53. The largest absolute Gasteiger partial charge is 0.456 e. The zero-order valence-corrected chi connectivity index (χ0v) is 34.1. The first-order valence-corrected chi connectivity index (χ1v) is 21.2. The lowest BCUT2D eigenvalue weighted by molar-refractivity contribution is 0.660. The van der Waals surface area contributed by atoms with Gasteiger partial charge in [-0.15, -0.1) is 0 Å². The minimum atomic E-state index is -0.156. The Kier molecular flexibility index (Phi) is 7.92. The second-order valence-corrected chi connectivity index (χ2v) is 16.8.